The van der Waals surface area contributed by atoms with E-state index in [9.17, 15) is 4.79 Å². The number of carbonyl (C=O) groups is 1. The van der Waals surface area contributed by atoms with Crippen LogP contribution in [0.15, 0.2) is 54.6 Å². The van der Waals surface area contributed by atoms with E-state index in [4.69, 9.17) is 4.74 Å². The molecule has 1 atom stereocenters. The maximum atomic E-state index is 12.0. The average Bonchev–Trinajstić information content (AvgIpc) is 2.50. The summed E-state index contributed by atoms with van der Waals surface area (Å²) in [6.45, 7) is 2.45. The quantitative estimate of drug-likeness (QED) is 0.906. The fraction of sp³-hybridized carbons (Fsp3) is 0.235. The van der Waals surface area contributed by atoms with Gasteiger partial charge in [0.05, 0.1) is 6.61 Å². The lowest BCUT2D eigenvalue weighted by molar-refractivity contribution is -0.133. The minimum absolute atomic E-state index is 0.136. The Bertz CT molecular complexity index is 549. The molecule has 3 heteroatoms. The first kappa shape index (κ1) is 14.3. The van der Waals surface area contributed by atoms with E-state index in [2.05, 4.69) is 5.32 Å². The Hall–Kier alpha value is -2.13. The summed E-state index contributed by atoms with van der Waals surface area (Å²) in [7, 11) is 1.62. The van der Waals surface area contributed by atoms with Crippen LogP contribution in [0.5, 0.6) is 0 Å². The molecule has 2 aromatic rings. The predicted octanol–water partition coefficient (Wildman–Crippen LogP) is 3.00. The molecule has 0 aliphatic carbocycles. The number of hydrogen-bond donors (Lipinski definition) is 1. The van der Waals surface area contributed by atoms with Crippen LogP contribution in [0.1, 0.15) is 22.8 Å². The molecule has 0 saturated heterocycles. The van der Waals surface area contributed by atoms with Gasteiger partial charge in [0, 0.05) is 7.05 Å². The van der Waals surface area contributed by atoms with Crippen molar-refractivity contribution in [3.63, 3.8) is 0 Å². The van der Waals surface area contributed by atoms with Crippen LogP contribution >= 0.6 is 0 Å². The molecular formula is C17H19NO2. The summed E-state index contributed by atoms with van der Waals surface area (Å²) in [5.41, 5.74) is 3.12. The number of nitrogens with one attached hydrogen (secondary N) is 1. The second-order valence-corrected chi connectivity index (χ2v) is 4.70. The summed E-state index contributed by atoms with van der Waals surface area (Å²) in [5.74, 6) is -0.136. The van der Waals surface area contributed by atoms with Crippen LogP contribution in [0.25, 0.3) is 0 Å². The summed E-state index contributed by atoms with van der Waals surface area (Å²) >= 11 is 0. The van der Waals surface area contributed by atoms with Gasteiger partial charge in [0.25, 0.3) is 5.91 Å². The van der Waals surface area contributed by atoms with Gasteiger partial charge in [0.2, 0.25) is 0 Å². The third kappa shape index (κ3) is 3.68. The van der Waals surface area contributed by atoms with Gasteiger partial charge in [-0.2, -0.15) is 0 Å². The Balaban J connectivity index is 2.09. The zero-order valence-electron chi connectivity index (χ0n) is 11.8. The lowest BCUT2D eigenvalue weighted by Crippen LogP contribution is -2.27. The summed E-state index contributed by atoms with van der Waals surface area (Å²) in [6, 6.07) is 17.6. The van der Waals surface area contributed by atoms with E-state index in [1.807, 2.05) is 61.5 Å². The van der Waals surface area contributed by atoms with E-state index < -0.39 is 6.10 Å². The third-order valence-corrected chi connectivity index (χ3v) is 3.12. The van der Waals surface area contributed by atoms with Gasteiger partial charge >= 0.3 is 0 Å². The van der Waals surface area contributed by atoms with Crippen molar-refractivity contribution < 1.29 is 9.53 Å². The summed E-state index contributed by atoms with van der Waals surface area (Å²) < 4.78 is 5.79. The number of aryl methyl sites for hydroxylation is 1. The van der Waals surface area contributed by atoms with Crippen molar-refractivity contribution in [1.82, 2.24) is 5.32 Å². The summed E-state index contributed by atoms with van der Waals surface area (Å²) in [5, 5.41) is 2.64. The summed E-state index contributed by atoms with van der Waals surface area (Å²) in [6.07, 6.45) is -0.581. The molecule has 1 amide bonds. The number of amides is 1. The van der Waals surface area contributed by atoms with Crippen molar-refractivity contribution in [1.29, 1.82) is 0 Å². The number of hydrogen-bond acceptors (Lipinski definition) is 2. The highest BCUT2D eigenvalue weighted by Gasteiger charge is 2.19. The Morgan fingerprint density at radius 2 is 1.75 bits per heavy atom. The number of carbonyl (C=O) groups excluding carboxylic acids is 1. The summed E-state index contributed by atoms with van der Waals surface area (Å²) in [4.78, 5) is 12.0. The minimum Gasteiger partial charge on any atom is -0.359 e. The molecule has 0 spiro atoms. The van der Waals surface area contributed by atoms with Crippen LogP contribution in [-0.2, 0) is 16.1 Å². The first-order valence-electron chi connectivity index (χ1n) is 6.64. The lowest BCUT2D eigenvalue weighted by Gasteiger charge is -2.17. The largest absolute Gasteiger partial charge is 0.359 e. The SMILES string of the molecule is CNC(=O)[C@@H](OCc1ccc(C)cc1)c1ccccc1. The molecule has 0 radical (unpaired) electrons. The number of benzene rings is 2. The number of ether oxygens (including phenoxy) is 1. The molecule has 3 nitrogen and oxygen atoms in total. The van der Waals surface area contributed by atoms with Crippen LogP contribution in [0.3, 0.4) is 0 Å². The van der Waals surface area contributed by atoms with Gasteiger partial charge in [-0.15, -0.1) is 0 Å². The van der Waals surface area contributed by atoms with Crippen molar-refractivity contribution in [2.75, 3.05) is 7.05 Å². The van der Waals surface area contributed by atoms with Gasteiger partial charge in [0.15, 0.2) is 6.10 Å². The van der Waals surface area contributed by atoms with Crippen LogP contribution in [0.2, 0.25) is 0 Å². The van der Waals surface area contributed by atoms with Gasteiger partial charge in [-0.1, -0.05) is 60.2 Å². The van der Waals surface area contributed by atoms with Crippen molar-refractivity contribution in [3.8, 4) is 0 Å². The van der Waals surface area contributed by atoms with E-state index in [0.717, 1.165) is 11.1 Å². The molecule has 20 heavy (non-hydrogen) atoms. The first-order valence-corrected chi connectivity index (χ1v) is 6.64. The molecule has 0 fully saturated rings. The standard InChI is InChI=1S/C17H19NO2/c1-13-8-10-14(11-9-13)12-20-16(17(19)18-2)15-6-4-3-5-7-15/h3-11,16H,12H2,1-2H3,(H,18,19)/t16-/m0/s1. The average molecular weight is 269 g/mol. The van der Waals surface area contributed by atoms with E-state index in [-0.39, 0.29) is 5.91 Å². The smallest absolute Gasteiger partial charge is 0.253 e. The Labute approximate surface area is 119 Å². The Kier molecular flexibility index (Phi) is 4.91. The molecule has 0 saturated carbocycles. The van der Waals surface area contributed by atoms with Gasteiger partial charge in [-0.05, 0) is 18.1 Å². The highest BCUT2D eigenvalue weighted by Crippen LogP contribution is 2.19. The molecular weight excluding hydrogens is 250 g/mol. The second-order valence-electron chi connectivity index (χ2n) is 4.70. The molecule has 0 aromatic heterocycles. The van der Waals surface area contributed by atoms with Crippen molar-refractivity contribution >= 4 is 5.91 Å². The highest BCUT2D eigenvalue weighted by atomic mass is 16.5. The van der Waals surface area contributed by atoms with Crippen molar-refractivity contribution in [2.24, 2.45) is 0 Å². The number of rotatable bonds is 5. The van der Waals surface area contributed by atoms with Gasteiger partial charge in [-0.3, -0.25) is 4.79 Å². The van der Waals surface area contributed by atoms with E-state index >= 15 is 0 Å². The molecule has 104 valence electrons. The van der Waals surface area contributed by atoms with E-state index in [0.29, 0.717) is 6.61 Å². The van der Waals surface area contributed by atoms with Crippen LogP contribution in [0.4, 0.5) is 0 Å². The van der Waals surface area contributed by atoms with Gasteiger partial charge in [0.1, 0.15) is 0 Å². The first-order chi connectivity index (χ1) is 9.70. The molecule has 1 N–H and O–H groups in total. The van der Waals surface area contributed by atoms with E-state index in [1.54, 1.807) is 7.05 Å². The monoisotopic (exact) mass is 269 g/mol. The fourth-order valence-electron chi connectivity index (χ4n) is 1.95. The molecule has 0 unspecified atom stereocenters. The van der Waals surface area contributed by atoms with Gasteiger partial charge in [-0.25, -0.2) is 0 Å². The maximum absolute atomic E-state index is 12.0. The lowest BCUT2D eigenvalue weighted by atomic mass is 10.1. The topological polar surface area (TPSA) is 38.3 Å². The molecule has 0 aliphatic heterocycles. The zero-order chi connectivity index (χ0) is 14.4. The molecule has 2 rings (SSSR count). The highest BCUT2D eigenvalue weighted by molar-refractivity contribution is 5.81. The molecule has 0 bridgehead atoms. The van der Waals surface area contributed by atoms with E-state index in [1.165, 1.54) is 5.56 Å². The van der Waals surface area contributed by atoms with Crippen LogP contribution in [-0.4, -0.2) is 13.0 Å². The molecule has 0 aliphatic rings. The molecule has 0 heterocycles. The fourth-order valence-corrected chi connectivity index (χ4v) is 1.95. The Morgan fingerprint density at radius 3 is 2.35 bits per heavy atom. The van der Waals surface area contributed by atoms with Crippen molar-refractivity contribution in [3.05, 3.63) is 71.3 Å². The third-order valence-electron chi connectivity index (χ3n) is 3.12. The second kappa shape index (κ2) is 6.87. The van der Waals surface area contributed by atoms with Crippen LogP contribution in [0, 0.1) is 6.92 Å². The maximum Gasteiger partial charge on any atom is 0.253 e. The van der Waals surface area contributed by atoms with Crippen molar-refractivity contribution in [2.45, 2.75) is 19.6 Å². The molecule has 2 aromatic carbocycles. The van der Waals surface area contributed by atoms with Crippen LogP contribution < -0.4 is 5.32 Å². The minimum atomic E-state index is -0.581. The van der Waals surface area contributed by atoms with Gasteiger partial charge < -0.3 is 10.1 Å². The number of likely N-dealkylation sites (N-methyl/N-ethyl adjacent to an activating group) is 1. The predicted molar refractivity (Wildman–Crippen MR) is 79.2 cm³/mol. The zero-order valence-corrected chi connectivity index (χ0v) is 11.8. The Morgan fingerprint density at radius 1 is 1.10 bits per heavy atom. The normalized spacial score (nSPS) is 11.9.